The number of aromatic nitrogens is 1. The van der Waals surface area contributed by atoms with Crippen LogP contribution in [0, 0.1) is 0 Å². The molecule has 5 heteroatoms. The number of thiophene rings is 1. The van der Waals surface area contributed by atoms with E-state index in [9.17, 15) is 0 Å². The zero-order valence-electron chi connectivity index (χ0n) is 11.0. The molecule has 0 fully saturated rings. The number of halogens is 2. The molecule has 0 unspecified atom stereocenters. The molecule has 104 valence electrons. The second-order valence-electron chi connectivity index (χ2n) is 4.68. The molecule has 0 saturated carbocycles. The van der Waals surface area contributed by atoms with Crippen molar-refractivity contribution >= 4 is 49.8 Å². The lowest BCUT2D eigenvalue weighted by atomic mass is 10.2. The summed E-state index contributed by atoms with van der Waals surface area (Å²) in [6.07, 6.45) is 2.21. The topological polar surface area (TPSA) is 17.0 Å². The average Bonchev–Trinajstić information content (AvgIpc) is 2.96. The zero-order chi connectivity index (χ0) is 14.1. The molecule has 20 heavy (non-hydrogen) atoms. The number of hydrogen-bond donors (Lipinski definition) is 1. The van der Waals surface area contributed by atoms with Gasteiger partial charge < -0.3 is 9.88 Å². The molecule has 1 aromatic carbocycles. The van der Waals surface area contributed by atoms with Gasteiger partial charge in [-0.2, -0.15) is 0 Å². The molecule has 0 amide bonds. The predicted octanol–water partition coefficient (Wildman–Crippen LogP) is 4.89. The lowest BCUT2D eigenvalue weighted by Crippen LogP contribution is -2.04. The highest BCUT2D eigenvalue weighted by atomic mass is 79.9. The summed E-state index contributed by atoms with van der Waals surface area (Å²) in [7, 11) is 1.97. The Morgan fingerprint density at radius 1 is 1.30 bits per heavy atom. The Hall–Kier alpha value is -0.810. The van der Waals surface area contributed by atoms with E-state index in [0.29, 0.717) is 0 Å². The van der Waals surface area contributed by atoms with Crippen molar-refractivity contribution in [2.24, 2.45) is 0 Å². The Labute approximate surface area is 135 Å². The maximum Gasteiger partial charge on any atom is 0.0702 e. The Bertz CT molecular complexity index is 747. The molecule has 0 atom stereocenters. The van der Waals surface area contributed by atoms with Crippen LogP contribution in [-0.2, 0) is 13.1 Å². The maximum atomic E-state index is 6.15. The summed E-state index contributed by atoms with van der Waals surface area (Å²) in [6, 6.07) is 10.3. The van der Waals surface area contributed by atoms with E-state index in [0.717, 1.165) is 21.9 Å². The van der Waals surface area contributed by atoms with Crippen LogP contribution in [0.25, 0.3) is 10.9 Å². The molecule has 0 aliphatic rings. The molecular weight excluding hydrogens is 356 g/mol. The molecule has 0 radical (unpaired) electrons. The van der Waals surface area contributed by atoms with Gasteiger partial charge in [0.2, 0.25) is 0 Å². The average molecular weight is 370 g/mol. The highest BCUT2D eigenvalue weighted by molar-refractivity contribution is 9.11. The fraction of sp³-hybridized carbons (Fsp3) is 0.200. The van der Waals surface area contributed by atoms with E-state index in [1.165, 1.54) is 21.3 Å². The molecule has 2 aromatic heterocycles. The van der Waals surface area contributed by atoms with Crippen LogP contribution in [0.1, 0.15) is 10.4 Å². The van der Waals surface area contributed by atoms with E-state index < -0.39 is 0 Å². The third-order valence-corrected chi connectivity index (χ3v) is 5.09. The number of nitrogens with zero attached hydrogens (tertiary/aromatic N) is 1. The first kappa shape index (κ1) is 14.1. The highest BCUT2D eigenvalue weighted by Crippen LogP contribution is 2.28. The molecule has 2 heterocycles. The van der Waals surface area contributed by atoms with Crippen LogP contribution in [0.15, 0.2) is 40.3 Å². The smallest absolute Gasteiger partial charge is 0.0702 e. The van der Waals surface area contributed by atoms with E-state index in [1.807, 2.05) is 19.2 Å². The van der Waals surface area contributed by atoms with Gasteiger partial charge in [0.05, 0.1) is 15.8 Å². The molecule has 0 aliphatic carbocycles. The van der Waals surface area contributed by atoms with Crippen LogP contribution in [0.2, 0.25) is 5.02 Å². The van der Waals surface area contributed by atoms with Crippen molar-refractivity contribution in [1.82, 2.24) is 9.88 Å². The second kappa shape index (κ2) is 5.90. The highest BCUT2D eigenvalue weighted by Gasteiger charge is 2.09. The number of rotatable bonds is 4. The minimum Gasteiger partial charge on any atom is -0.342 e. The molecule has 0 bridgehead atoms. The fourth-order valence-electron chi connectivity index (χ4n) is 2.41. The van der Waals surface area contributed by atoms with E-state index in [1.54, 1.807) is 11.3 Å². The Morgan fingerprint density at radius 2 is 2.15 bits per heavy atom. The molecule has 1 N–H and O–H groups in total. The van der Waals surface area contributed by atoms with E-state index in [2.05, 4.69) is 50.2 Å². The molecular formula is C15H14BrClN2S. The normalized spacial score (nSPS) is 11.3. The molecule has 0 aliphatic heterocycles. The maximum absolute atomic E-state index is 6.15. The Morgan fingerprint density at radius 3 is 2.85 bits per heavy atom. The summed E-state index contributed by atoms with van der Waals surface area (Å²) in [5.41, 5.74) is 2.49. The van der Waals surface area contributed by atoms with Crippen LogP contribution >= 0.6 is 38.9 Å². The molecule has 0 saturated heterocycles. The predicted molar refractivity (Wildman–Crippen MR) is 90.8 cm³/mol. The van der Waals surface area contributed by atoms with Crippen LogP contribution in [-0.4, -0.2) is 11.6 Å². The minimum atomic E-state index is 0.778. The van der Waals surface area contributed by atoms with E-state index in [4.69, 9.17) is 11.6 Å². The SMILES string of the molecule is CNCc1cn(Cc2ccc(Br)s2)c2cc(Cl)ccc12. The first-order valence-electron chi connectivity index (χ1n) is 6.33. The lowest BCUT2D eigenvalue weighted by Gasteiger charge is -2.03. The lowest BCUT2D eigenvalue weighted by molar-refractivity contribution is 0.800. The van der Waals surface area contributed by atoms with E-state index in [-0.39, 0.29) is 0 Å². The summed E-state index contributed by atoms with van der Waals surface area (Å²) in [5, 5.41) is 5.26. The first-order chi connectivity index (χ1) is 9.67. The summed E-state index contributed by atoms with van der Waals surface area (Å²) in [5.74, 6) is 0. The second-order valence-corrected chi connectivity index (χ2v) is 7.66. The van der Waals surface area contributed by atoms with Crippen molar-refractivity contribution in [3.63, 3.8) is 0 Å². The first-order valence-corrected chi connectivity index (χ1v) is 8.32. The Kier molecular flexibility index (Phi) is 4.17. The third-order valence-electron chi connectivity index (χ3n) is 3.25. The van der Waals surface area contributed by atoms with Crippen molar-refractivity contribution in [2.75, 3.05) is 7.05 Å². The minimum absolute atomic E-state index is 0.778. The van der Waals surface area contributed by atoms with Crippen molar-refractivity contribution in [3.8, 4) is 0 Å². The van der Waals surface area contributed by atoms with Crippen molar-refractivity contribution < 1.29 is 0 Å². The fourth-order valence-corrected chi connectivity index (χ4v) is 4.06. The third kappa shape index (κ3) is 2.79. The molecule has 3 rings (SSSR count). The number of benzene rings is 1. The van der Waals surface area contributed by atoms with Crippen LogP contribution in [0.4, 0.5) is 0 Å². The van der Waals surface area contributed by atoms with E-state index >= 15 is 0 Å². The van der Waals surface area contributed by atoms with Gasteiger partial charge in [-0.1, -0.05) is 17.7 Å². The largest absolute Gasteiger partial charge is 0.342 e. The van der Waals surface area contributed by atoms with Gasteiger partial charge >= 0.3 is 0 Å². The molecule has 0 spiro atoms. The summed E-state index contributed by atoms with van der Waals surface area (Å²) >= 11 is 11.4. The van der Waals surface area contributed by atoms with Gasteiger partial charge in [-0.25, -0.2) is 0 Å². The van der Waals surface area contributed by atoms with Crippen LogP contribution < -0.4 is 5.32 Å². The molecule has 2 nitrogen and oxygen atoms in total. The van der Waals surface area contributed by atoms with Gasteiger partial charge in [-0.15, -0.1) is 11.3 Å². The summed E-state index contributed by atoms with van der Waals surface area (Å²) in [4.78, 5) is 1.32. The number of fused-ring (bicyclic) bond motifs is 1. The zero-order valence-corrected chi connectivity index (χ0v) is 14.1. The quantitative estimate of drug-likeness (QED) is 0.693. The number of hydrogen-bond acceptors (Lipinski definition) is 2. The van der Waals surface area contributed by atoms with Crippen molar-refractivity contribution in [2.45, 2.75) is 13.1 Å². The summed E-state index contributed by atoms with van der Waals surface area (Å²) in [6.45, 7) is 1.73. The Balaban J connectivity index is 2.06. The van der Waals surface area contributed by atoms with Crippen molar-refractivity contribution in [1.29, 1.82) is 0 Å². The van der Waals surface area contributed by atoms with Gasteiger partial charge in [0.25, 0.3) is 0 Å². The number of nitrogens with one attached hydrogen (secondary N) is 1. The summed E-state index contributed by atoms with van der Waals surface area (Å²) < 4.78 is 3.43. The van der Waals surface area contributed by atoms with Gasteiger partial charge in [-0.3, -0.25) is 0 Å². The van der Waals surface area contributed by atoms with Gasteiger partial charge in [0.15, 0.2) is 0 Å². The van der Waals surface area contributed by atoms with Gasteiger partial charge in [-0.05, 0) is 52.8 Å². The molecule has 3 aromatic rings. The van der Waals surface area contributed by atoms with Crippen molar-refractivity contribution in [3.05, 3.63) is 55.8 Å². The standard InChI is InChI=1S/C15H14BrClN2S/c1-18-7-10-8-19(9-12-3-5-15(16)20-12)14-6-11(17)2-4-13(10)14/h2-6,8,18H,7,9H2,1H3. The monoisotopic (exact) mass is 368 g/mol. The van der Waals surface area contributed by atoms with Gasteiger partial charge in [0.1, 0.15) is 0 Å². The van der Waals surface area contributed by atoms with Crippen LogP contribution in [0.5, 0.6) is 0 Å². The van der Waals surface area contributed by atoms with Gasteiger partial charge in [0, 0.05) is 28.0 Å². The van der Waals surface area contributed by atoms with Crippen LogP contribution in [0.3, 0.4) is 0 Å².